The van der Waals surface area contributed by atoms with E-state index in [1.165, 1.54) is 6.33 Å². The molecule has 19 heavy (non-hydrogen) atoms. The standard InChI is InChI=1S/C11H18N4O4/c1-11(2,3)8(9(16)17)15-10(18)12-5-4-7-13-6-14-19-7/h6,8H,4-5H2,1-3H3,(H,16,17)(H2,12,15,18)/t8-/m1/s1. The van der Waals surface area contributed by atoms with Gasteiger partial charge in [0.15, 0.2) is 6.33 Å². The van der Waals surface area contributed by atoms with Gasteiger partial charge in [-0.15, -0.1) is 0 Å². The molecule has 0 aliphatic heterocycles. The van der Waals surface area contributed by atoms with Crippen molar-refractivity contribution in [3.05, 3.63) is 12.2 Å². The molecule has 0 aromatic carbocycles. The number of carboxylic acid groups (broad SMARTS) is 1. The van der Waals surface area contributed by atoms with E-state index in [0.717, 1.165) is 0 Å². The van der Waals surface area contributed by atoms with Gasteiger partial charge in [0.1, 0.15) is 6.04 Å². The average Bonchev–Trinajstić information content (AvgIpc) is 2.77. The van der Waals surface area contributed by atoms with Crippen LogP contribution in [0.1, 0.15) is 26.7 Å². The van der Waals surface area contributed by atoms with Gasteiger partial charge in [-0.1, -0.05) is 25.9 Å². The summed E-state index contributed by atoms with van der Waals surface area (Å²) in [6, 6.07) is -1.50. The predicted octanol–water partition coefficient (Wildman–Crippen LogP) is 0.411. The zero-order chi connectivity index (χ0) is 14.5. The summed E-state index contributed by atoms with van der Waals surface area (Å²) in [7, 11) is 0. The minimum Gasteiger partial charge on any atom is -0.480 e. The number of carbonyl (C=O) groups is 2. The Balaban J connectivity index is 2.39. The van der Waals surface area contributed by atoms with Crippen molar-refractivity contribution in [3.63, 3.8) is 0 Å². The molecule has 1 aromatic rings. The van der Waals surface area contributed by atoms with Gasteiger partial charge in [0.2, 0.25) is 5.89 Å². The second-order valence-corrected chi connectivity index (χ2v) is 5.12. The van der Waals surface area contributed by atoms with E-state index in [2.05, 4.69) is 20.8 Å². The van der Waals surface area contributed by atoms with E-state index < -0.39 is 23.5 Å². The van der Waals surface area contributed by atoms with Gasteiger partial charge in [-0.25, -0.2) is 9.59 Å². The zero-order valence-corrected chi connectivity index (χ0v) is 11.1. The number of aromatic nitrogens is 2. The van der Waals surface area contributed by atoms with Crippen molar-refractivity contribution in [2.24, 2.45) is 5.41 Å². The molecule has 106 valence electrons. The lowest BCUT2D eigenvalue weighted by Crippen LogP contribution is -2.52. The fourth-order valence-electron chi connectivity index (χ4n) is 1.42. The molecule has 0 unspecified atom stereocenters. The van der Waals surface area contributed by atoms with Gasteiger partial charge in [0.25, 0.3) is 0 Å². The number of nitrogens with one attached hydrogen (secondary N) is 2. The Morgan fingerprint density at radius 1 is 1.47 bits per heavy atom. The third-order valence-electron chi connectivity index (χ3n) is 2.42. The molecule has 0 aliphatic rings. The molecule has 0 aliphatic carbocycles. The second-order valence-electron chi connectivity index (χ2n) is 5.12. The molecule has 1 heterocycles. The number of nitrogens with zero attached hydrogens (tertiary/aromatic N) is 2. The third kappa shape index (κ3) is 4.94. The summed E-state index contributed by atoms with van der Waals surface area (Å²) in [4.78, 5) is 26.4. The van der Waals surface area contributed by atoms with Gasteiger partial charge in [-0.05, 0) is 5.41 Å². The SMILES string of the molecule is CC(C)(C)[C@H](NC(=O)NCCc1ncno1)C(=O)O. The van der Waals surface area contributed by atoms with Crippen LogP contribution in [0.2, 0.25) is 0 Å². The van der Waals surface area contributed by atoms with Crippen molar-refractivity contribution in [1.29, 1.82) is 0 Å². The van der Waals surface area contributed by atoms with Crippen LogP contribution in [-0.2, 0) is 11.2 Å². The van der Waals surface area contributed by atoms with Gasteiger partial charge in [-0.3, -0.25) is 0 Å². The zero-order valence-electron chi connectivity index (χ0n) is 11.1. The molecular formula is C11H18N4O4. The number of carboxylic acids is 1. The number of amides is 2. The van der Waals surface area contributed by atoms with E-state index in [-0.39, 0.29) is 6.54 Å². The van der Waals surface area contributed by atoms with Crippen LogP contribution in [0.3, 0.4) is 0 Å². The van der Waals surface area contributed by atoms with Crippen molar-refractivity contribution in [2.75, 3.05) is 6.54 Å². The highest BCUT2D eigenvalue weighted by Gasteiger charge is 2.32. The average molecular weight is 270 g/mol. The molecule has 1 rings (SSSR count). The Hall–Kier alpha value is -2.12. The number of aliphatic carboxylic acids is 1. The molecule has 8 nitrogen and oxygen atoms in total. The summed E-state index contributed by atoms with van der Waals surface area (Å²) in [6.07, 6.45) is 1.66. The van der Waals surface area contributed by atoms with Crippen LogP contribution in [0.4, 0.5) is 4.79 Å². The lowest BCUT2D eigenvalue weighted by Gasteiger charge is -2.27. The largest absolute Gasteiger partial charge is 0.480 e. The number of hydrogen-bond donors (Lipinski definition) is 3. The van der Waals surface area contributed by atoms with E-state index in [1.54, 1.807) is 20.8 Å². The Bertz CT molecular complexity index is 424. The maximum Gasteiger partial charge on any atom is 0.326 e. The molecular weight excluding hydrogens is 252 g/mol. The highest BCUT2D eigenvalue weighted by atomic mass is 16.5. The third-order valence-corrected chi connectivity index (χ3v) is 2.42. The number of hydrogen-bond acceptors (Lipinski definition) is 5. The fraction of sp³-hybridized carbons (Fsp3) is 0.636. The first kappa shape index (κ1) is 14.9. The van der Waals surface area contributed by atoms with Gasteiger partial charge < -0.3 is 20.3 Å². The number of rotatable bonds is 5. The first-order valence-corrected chi connectivity index (χ1v) is 5.83. The predicted molar refractivity (Wildman–Crippen MR) is 65.4 cm³/mol. The minimum absolute atomic E-state index is 0.282. The van der Waals surface area contributed by atoms with Crippen LogP contribution >= 0.6 is 0 Å². The van der Waals surface area contributed by atoms with E-state index in [9.17, 15) is 9.59 Å². The molecule has 2 amide bonds. The topological polar surface area (TPSA) is 117 Å². The Kier molecular flexibility index (Phi) is 4.85. The molecule has 0 radical (unpaired) electrons. The Morgan fingerprint density at radius 3 is 2.63 bits per heavy atom. The molecule has 8 heteroatoms. The molecule has 0 saturated carbocycles. The van der Waals surface area contributed by atoms with Crippen molar-refractivity contribution < 1.29 is 19.2 Å². The van der Waals surface area contributed by atoms with Crippen LogP contribution in [-0.4, -0.2) is 39.8 Å². The van der Waals surface area contributed by atoms with Crippen molar-refractivity contribution in [1.82, 2.24) is 20.8 Å². The van der Waals surface area contributed by atoms with Crippen LogP contribution in [0.5, 0.6) is 0 Å². The molecule has 0 bridgehead atoms. The highest BCUT2D eigenvalue weighted by Crippen LogP contribution is 2.19. The lowest BCUT2D eigenvalue weighted by atomic mass is 9.87. The second kappa shape index (κ2) is 6.17. The highest BCUT2D eigenvalue weighted by molar-refractivity contribution is 5.83. The normalized spacial score (nSPS) is 12.8. The van der Waals surface area contributed by atoms with Gasteiger partial charge in [0.05, 0.1) is 0 Å². The van der Waals surface area contributed by atoms with Crippen LogP contribution < -0.4 is 10.6 Å². The minimum atomic E-state index is -1.07. The van der Waals surface area contributed by atoms with E-state index in [0.29, 0.717) is 12.3 Å². The summed E-state index contributed by atoms with van der Waals surface area (Å²) in [5.41, 5.74) is -0.574. The van der Waals surface area contributed by atoms with Crippen molar-refractivity contribution >= 4 is 12.0 Å². The first-order chi connectivity index (χ1) is 8.80. The summed E-state index contributed by atoms with van der Waals surface area (Å²) < 4.78 is 4.76. The van der Waals surface area contributed by atoms with Gasteiger partial charge >= 0.3 is 12.0 Å². The first-order valence-electron chi connectivity index (χ1n) is 5.83. The molecule has 1 atom stereocenters. The summed E-state index contributed by atoms with van der Waals surface area (Å²) in [6.45, 7) is 5.50. The quantitative estimate of drug-likeness (QED) is 0.713. The van der Waals surface area contributed by atoms with E-state index >= 15 is 0 Å². The summed E-state index contributed by atoms with van der Waals surface area (Å²) in [5.74, 6) is -0.662. The van der Waals surface area contributed by atoms with Crippen LogP contribution in [0, 0.1) is 5.41 Å². The monoisotopic (exact) mass is 270 g/mol. The lowest BCUT2D eigenvalue weighted by molar-refractivity contribution is -0.141. The van der Waals surface area contributed by atoms with E-state index in [1.807, 2.05) is 0 Å². The van der Waals surface area contributed by atoms with Gasteiger partial charge in [0, 0.05) is 13.0 Å². The molecule has 0 fully saturated rings. The summed E-state index contributed by atoms with van der Waals surface area (Å²) in [5, 5.41) is 17.4. The smallest absolute Gasteiger partial charge is 0.326 e. The number of carbonyl (C=O) groups excluding carboxylic acids is 1. The molecule has 0 saturated heterocycles. The maximum atomic E-state index is 11.6. The van der Waals surface area contributed by atoms with Crippen LogP contribution in [0.15, 0.2) is 10.9 Å². The van der Waals surface area contributed by atoms with Crippen LogP contribution in [0.25, 0.3) is 0 Å². The molecule has 0 spiro atoms. The number of urea groups is 1. The summed E-state index contributed by atoms with van der Waals surface area (Å²) >= 11 is 0. The Labute approximate surface area is 110 Å². The van der Waals surface area contributed by atoms with Crippen molar-refractivity contribution in [2.45, 2.75) is 33.2 Å². The maximum absolute atomic E-state index is 11.6. The van der Waals surface area contributed by atoms with E-state index in [4.69, 9.17) is 9.63 Å². The van der Waals surface area contributed by atoms with Crippen molar-refractivity contribution in [3.8, 4) is 0 Å². The molecule has 3 N–H and O–H groups in total. The Morgan fingerprint density at radius 2 is 2.16 bits per heavy atom. The molecule has 1 aromatic heterocycles. The van der Waals surface area contributed by atoms with Gasteiger partial charge in [-0.2, -0.15) is 4.98 Å². The fourth-order valence-corrected chi connectivity index (χ4v) is 1.42.